The molecule has 0 unspecified atom stereocenters. The molecule has 0 radical (unpaired) electrons. The van der Waals surface area contributed by atoms with Crippen molar-refractivity contribution >= 4 is 17.3 Å². The van der Waals surface area contributed by atoms with Gasteiger partial charge in [-0.15, -0.1) is 0 Å². The first-order valence-electron chi connectivity index (χ1n) is 11.4. The Kier molecular flexibility index (Phi) is 6.62. The van der Waals surface area contributed by atoms with Crippen molar-refractivity contribution in [3.05, 3.63) is 89.3 Å². The molecule has 5 rings (SSSR count). The van der Waals surface area contributed by atoms with Crippen LogP contribution < -0.4 is 16.0 Å². The highest BCUT2D eigenvalue weighted by Gasteiger charge is 2.19. The van der Waals surface area contributed by atoms with E-state index in [1.807, 2.05) is 30.3 Å². The van der Waals surface area contributed by atoms with E-state index in [4.69, 9.17) is 4.52 Å². The Bertz CT molecular complexity index is 1310. The number of benzene rings is 2. The number of aromatic nitrogens is 4. The van der Waals surface area contributed by atoms with Gasteiger partial charge in [0.2, 0.25) is 11.7 Å². The standard InChI is InChI=1S/C25H25N7O3/c33-23(18-32-24(29-35-25(32)34)22-16-26-10-11-27-22)28-20-6-8-21(9-7-20)31-14-12-30(13-15-31)17-19-4-2-1-3-5-19/h1-11,16H,12-15,17-18H2,(H,28,33). The smallest absolute Gasteiger partial charge is 0.369 e. The van der Waals surface area contributed by atoms with Crippen LogP contribution in [-0.2, 0) is 17.9 Å². The summed E-state index contributed by atoms with van der Waals surface area (Å²) >= 11 is 0. The summed E-state index contributed by atoms with van der Waals surface area (Å²) in [5.41, 5.74) is 3.44. The monoisotopic (exact) mass is 471 g/mol. The molecule has 1 N–H and O–H groups in total. The molecule has 0 bridgehead atoms. The Morgan fingerprint density at radius 3 is 2.46 bits per heavy atom. The van der Waals surface area contributed by atoms with Crippen LogP contribution >= 0.6 is 0 Å². The van der Waals surface area contributed by atoms with Gasteiger partial charge < -0.3 is 10.2 Å². The van der Waals surface area contributed by atoms with Gasteiger partial charge >= 0.3 is 5.76 Å². The second-order valence-electron chi connectivity index (χ2n) is 8.29. The molecular formula is C25H25N7O3. The summed E-state index contributed by atoms with van der Waals surface area (Å²) in [5.74, 6) is -0.953. The van der Waals surface area contributed by atoms with Gasteiger partial charge in [0.05, 0.1) is 6.20 Å². The van der Waals surface area contributed by atoms with Crippen LogP contribution in [0.25, 0.3) is 11.5 Å². The molecule has 10 heteroatoms. The Balaban J connectivity index is 1.16. The molecule has 1 fully saturated rings. The van der Waals surface area contributed by atoms with Crippen molar-refractivity contribution in [3.63, 3.8) is 0 Å². The lowest BCUT2D eigenvalue weighted by atomic mass is 10.2. The van der Waals surface area contributed by atoms with Gasteiger partial charge in [0, 0.05) is 56.5 Å². The van der Waals surface area contributed by atoms with Crippen LogP contribution in [0.15, 0.2) is 82.5 Å². The Morgan fingerprint density at radius 2 is 1.74 bits per heavy atom. The molecule has 0 spiro atoms. The minimum Gasteiger partial charge on any atom is -0.369 e. The van der Waals surface area contributed by atoms with Gasteiger partial charge in [-0.2, -0.15) is 0 Å². The molecule has 0 saturated carbocycles. The lowest BCUT2D eigenvalue weighted by Crippen LogP contribution is -2.45. The summed E-state index contributed by atoms with van der Waals surface area (Å²) in [7, 11) is 0. The SMILES string of the molecule is O=C(Cn1c(-c2cnccn2)noc1=O)Nc1ccc(N2CCN(Cc3ccccc3)CC2)cc1. The maximum absolute atomic E-state index is 12.6. The molecule has 3 heterocycles. The zero-order valence-electron chi connectivity index (χ0n) is 19.1. The van der Waals surface area contributed by atoms with Gasteiger partial charge in [0.25, 0.3) is 0 Å². The van der Waals surface area contributed by atoms with E-state index in [-0.39, 0.29) is 18.3 Å². The summed E-state index contributed by atoms with van der Waals surface area (Å²) < 4.78 is 5.85. The maximum atomic E-state index is 12.6. The summed E-state index contributed by atoms with van der Waals surface area (Å²) in [5, 5.41) is 6.54. The second kappa shape index (κ2) is 10.3. The molecule has 2 aromatic carbocycles. The van der Waals surface area contributed by atoms with Gasteiger partial charge in [-0.3, -0.25) is 19.2 Å². The van der Waals surface area contributed by atoms with Gasteiger partial charge in [-0.25, -0.2) is 14.3 Å². The number of piperazine rings is 1. The van der Waals surface area contributed by atoms with Crippen molar-refractivity contribution in [1.29, 1.82) is 0 Å². The first-order chi connectivity index (χ1) is 17.2. The minimum absolute atomic E-state index is 0.153. The van der Waals surface area contributed by atoms with Crippen LogP contribution in [0.3, 0.4) is 0 Å². The van der Waals surface area contributed by atoms with Gasteiger partial charge in [-0.1, -0.05) is 35.5 Å². The average Bonchev–Trinajstić information content (AvgIpc) is 3.26. The zero-order valence-corrected chi connectivity index (χ0v) is 19.1. The summed E-state index contributed by atoms with van der Waals surface area (Å²) in [6, 6.07) is 18.2. The van der Waals surface area contributed by atoms with E-state index in [0.717, 1.165) is 43.0 Å². The predicted octanol–water partition coefficient (Wildman–Crippen LogP) is 2.25. The van der Waals surface area contributed by atoms with Crippen LogP contribution in [0.2, 0.25) is 0 Å². The van der Waals surface area contributed by atoms with Crippen LogP contribution in [0.1, 0.15) is 5.56 Å². The van der Waals surface area contributed by atoms with Gasteiger partial charge in [0.1, 0.15) is 12.2 Å². The van der Waals surface area contributed by atoms with E-state index >= 15 is 0 Å². The summed E-state index contributed by atoms with van der Waals surface area (Å²) in [6.45, 7) is 4.59. The number of hydrogen-bond acceptors (Lipinski definition) is 8. The first-order valence-corrected chi connectivity index (χ1v) is 11.4. The molecule has 0 atom stereocenters. The molecule has 1 aliphatic rings. The number of carbonyl (C=O) groups is 1. The number of nitrogens with one attached hydrogen (secondary N) is 1. The molecule has 2 aromatic heterocycles. The fourth-order valence-electron chi connectivity index (χ4n) is 4.11. The van der Waals surface area contributed by atoms with E-state index in [9.17, 15) is 9.59 Å². The molecule has 10 nitrogen and oxygen atoms in total. The van der Waals surface area contributed by atoms with E-state index in [0.29, 0.717) is 11.4 Å². The number of amides is 1. The number of rotatable bonds is 7. The molecule has 1 saturated heterocycles. The molecule has 0 aliphatic carbocycles. The van der Waals surface area contributed by atoms with Crippen molar-refractivity contribution in [1.82, 2.24) is 24.6 Å². The zero-order chi connectivity index (χ0) is 24.0. The average molecular weight is 472 g/mol. The fourth-order valence-corrected chi connectivity index (χ4v) is 4.11. The lowest BCUT2D eigenvalue weighted by molar-refractivity contribution is -0.116. The summed E-state index contributed by atoms with van der Waals surface area (Å²) in [4.78, 5) is 37.5. The highest BCUT2D eigenvalue weighted by atomic mass is 16.5. The fraction of sp³-hybridized carbons (Fsp3) is 0.240. The van der Waals surface area contributed by atoms with Crippen molar-refractivity contribution in [2.75, 3.05) is 36.4 Å². The molecule has 4 aromatic rings. The van der Waals surface area contributed by atoms with Gasteiger partial charge in [-0.05, 0) is 29.8 Å². The molecule has 35 heavy (non-hydrogen) atoms. The second-order valence-corrected chi connectivity index (χ2v) is 8.29. The lowest BCUT2D eigenvalue weighted by Gasteiger charge is -2.36. The van der Waals surface area contributed by atoms with Crippen LogP contribution in [0.4, 0.5) is 11.4 Å². The highest BCUT2D eigenvalue weighted by molar-refractivity contribution is 5.91. The molecule has 1 aliphatic heterocycles. The van der Waals surface area contributed by atoms with Crippen LogP contribution in [0, 0.1) is 0 Å². The van der Waals surface area contributed by atoms with E-state index in [2.05, 4.69) is 54.5 Å². The Hall–Kier alpha value is -4.31. The third-order valence-corrected chi connectivity index (χ3v) is 5.92. The van der Waals surface area contributed by atoms with Crippen molar-refractivity contribution in [2.45, 2.75) is 13.1 Å². The number of anilines is 2. The number of hydrogen-bond donors (Lipinski definition) is 1. The highest BCUT2D eigenvalue weighted by Crippen LogP contribution is 2.20. The predicted molar refractivity (Wildman–Crippen MR) is 131 cm³/mol. The Labute approximate surface area is 201 Å². The first kappa shape index (κ1) is 22.5. The molecule has 1 amide bonds. The van der Waals surface area contributed by atoms with Crippen LogP contribution in [-0.4, -0.2) is 56.7 Å². The third-order valence-electron chi connectivity index (χ3n) is 5.92. The normalized spacial score (nSPS) is 14.1. The third kappa shape index (κ3) is 5.44. The minimum atomic E-state index is -0.734. The van der Waals surface area contributed by atoms with Crippen molar-refractivity contribution < 1.29 is 9.32 Å². The largest absolute Gasteiger partial charge is 0.442 e. The quantitative estimate of drug-likeness (QED) is 0.437. The van der Waals surface area contributed by atoms with Crippen molar-refractivity contribution in [3.8, 4) is 11.5 Å². The number of nitrogens with zero attached hydrogens (tertiary/aromatic N) is 6. The molecular weight excluding hydrogens is 446 g/mol. The van der Waals surface area contributed by atoms with Crippen LogP contribution in [0.5, 0.6) is 0 Å². The maximum Gasteiger partial charge on any atom is 0.442 e. The topological polar surface area (TPSA) is 109 Å². The van der Waals surface area contributed by atoms with E-state index in [1.54, 1.807) is 0 Å². The van der Waals surface area contributed by atoms with E-state index in [1.165, 1.54) is 24.2 Å². The van der Waals surface area contributed by atoms with Gasteiger partial charge in [0.15, 0.2) is 0 Å². The molecule has 178 valence electrons. The number of carbonyl (C=O) groups excluding carboxylic acids is 1. The van der Waals surface area contributed by atoms with E-state index < -0.39 is 5.76 Å². The summed E-state index contributed by atoms with van der Waals surface area (Å²) in [6.07, 6.45) is 4.43. The Morgan fingerprint density at radius 1 is 0.971 bits per heavy atom. The van der Waals surface area contributed by atoms with Crippen molar-refractivity contribution in [2.24, 2.45) is 0 Å².